The molecule has 10 heteroatoms. The van der Waals surface area contributed by atoms with Gasteiger partial charge in [0.1, 0.15) is 0 Å². The predicted molar refractivity (Wildman–Crippen MR) is 102 cm³/mol. The van der Waals surface area contributed by atoms with E-state index < -0.39 is 23.8 Å². The van der Waals surface area contributed by atoms with Crippen molar-refractivity contribution in [3.05, 3.63) is 29.8 Å². The number of hydrogen-bond donors (Lipinski definition) is 2. The average molecular weight is 425 g/mol. The maximum atomic E-state index is 12.6. The first kappa shape index (κ1) is 22.2. The monoisotopic (exact) mass is 424 g/mol. The van der Waals surface area contributed by atoms with Gasteiger partial charge in [-0.1, -0.05) is 32.9 Å². The molecule has 2 rings (SSSR count). The molecular weight excluding hydrogens is 397 g/mol. The minimum absolute atomic E-state index is 0.0198. The Morgan fingerprint density at radius 3 is 2.41 bits per heavy atom. The quantitative estimate of drug-likeness (QED) is 0.689. The molecule has 1 heterocycles. The first-order valence-electron chi connectivity index (χ1n) is 8.73. The van der Waals surface area contributed by atoms with E-state index in [9.17, 15) is 21.6 Å². The van der Waals surface area contributed by atoms with Crippen LogP contribution in [0.1, 0.15) is 38.8 Å². The molecule has 1 saturated heterocycles. The number of alkyl halides is 3. The standard InChI is InChI=1S/C17H27F3N2O3SSi/c1-16(2,3)27(4,5)25-14-10-15(21-11-14)12-7-6-8-13(9-12)22-26(23,24)17(18,19)20/h6-9,14-15,21-22H,10-11H2,1-5H3/t14-,15+/m1/s1. The number of sulfonamides is 1. The first-order chi connectivity index (χ1) is 12.1. The molecule has 0 spiro atoms. The SMILES string of the molecule is CC(C)(C)[Si](C)(C)O[C@H]1CN[C@H](c2cccc(NS(=O)(=O)C(F)(F)F)c2)C1. The molecule has 2 atom stereocenters. The fourth-order valence-electron chi connectivity index (χ4n) is 2.67. The number of rotatable bonds is 5. The van der Waals surface area contributed by atoms with E-state index in [0.29, 0.717) is 13.0 Å². The van der Waals surface area contributed by atoms with Gasteiger partial charge in [0.2, 0.25) is 0 Å². The zero-order valence-corrected chi connectivity index (χ0v) is 18.0. The lowest BCUT2D eigenvalue weighted by Gasteiger charge is -2.38. The van der Waals surface area contributed by atoms with Crippen molar-refractivity contribution in [1.29, 1.82) is 0 Å². The Kier molecular flexibility index (Phi) is 6.06. The van der Waals surface area contributed by atoms with Gasteiger partial charge in [0, 0.05) is 18.3 Å². The summed E-state index contributed by atoms with van der Waals surface area (Å²) < 4.78 is 68.2. The Labute approximate surface area is 159 Å². The number of halogens is 3. The fraction of sp³-hybridized carbons (Fsp3) is 0.647. The zero-order valence-electron chi connectivity index (χ0n) is 16.1. The maximum Gasteiger partial charge on any atom is 0.516 e. The van der Waals surface area contributed by atoms with Gasteiger partial charge in [-0.2, -0.15) is 21.6 Å². The molecule has 0 bridgehead atoms. The van der Waals surface area contributed by atoms with Gasteiger partial charge in [0.15, 0.2) is 8.32 Å². The van der Waals surface area contributed by atoms with Crippen molar-refractivity contribution in [3.63, 3.8) is 0 Å². The van der Waals surface area contributed by atoms with Gasteiger partial charge in [0.05, 0.1) is 6.10 Å². The van der Waals surface area contributed by atoms with Crippen molar-refractivity contribution in [2.45, 2.75) is 63.0 Å². The number of benzene rings is 1. The van der Waals surface area contributed by atoms with Gasteiger partial charge < -0.3 is 9.74 Å². The topological polar surface area (TPSA) is 67.4 Å². The predicted octanol–water partition coefficient (Wildman–Crippen LogP) is 4.37. The fourth-order valence-corrected chi connectivity index (χ4v) is 4.59. The van der Waals surface area contributed by atoms with Crippen molar-refractivity contribution < 1.29 is 26.0 Å². The van der Waals surface area contributed by atoms with Crippen LogP contribution >= 0.6 is 0 Å². The summed E-state index contributed by atoms with van der Waals surface area (Å²) in [6.07, 6.45) is 0.702. The summed E-state index contributed by atoms with van der Waals surface area (Å²) in [5.41, 5.74) is -4.74. The van der Waals surface area contributed by atoms with Crippen LogP contribution in [0.2, 0.25) is 18.1 Å². The van der Waals surface area contributed by atoms with Gasteiger partial charge in [-0.3, -0.25) is 4.72 Å². The van der Waals surface area contributed by atoms with E-state index in [1.165, 1.54) is 18.2 Å². The Hall–Kier alpha value is -1.10. The molecule has 1 fully saturated rings. The van der Waals surface area contributed by atoms with Crippen molar-refractivity contribution in [1.82, 2.24) is 5.32 Å². The molecule has 0 radical (unpaired) electrons. The zero-order chi connectivity index (χ0) is 20.7. The molecule has 0 aliphatic carbocycles. The van der Waals surface area contributed by atoms with Gasteiger partial charge in [-0.05, 0) is 42.2 Å². The maximum absolute atomic E-state index is 12.6. The number of hydrogen-bond acceptors (Lipinski definition) is 4. The molecule has 0 saturated carbocycles. The third-order valence-corrected chi connectivity index (χ3v) is 10.9. The molecule has 0 unspecified atom stereocenters. The van der Waals surface area contributed by atoms with Crippen molar-refractivity contribution >= 4 is 24.0 Å². The van der Waals surface area contributed by atoms with Crippen LogP contribution in [0.25, 0.3) is 0 Å². The lowest BCUT2D eigenvalue weighted by Crippen LogP contribution is -2.44. The molecule has 27 heavy (non-hydrogen) atoms. The Morgan fingerprint density at radius 1 is 1.22 bits per heavy atom. The highest BCUT2D eigenvalue weighted by Gasteiger charge is 2.46. The van der Waals surface area contributed by atoms with Crippen LogP contribution in [0.4, 0.5) is 18.9 Å². The van der Waals surface area contributed by atoms with Gasteiger partial charge in [0.25, 0.3) is 0 Å². The molecule has 1 aliphatic rings. The smallest absolute Gasteiger partial charge is 0.413 e. The average Bonchev–Trinajstić information content (AvgIpc) is 2.92. The Bertz CT molecular complexity index is 776. The highest BCUT2D eigenvalue weighted by atomic mass is 32.2. The third-order valence-electron chi connectivity index (χ3n) is 5.20. The second kappa shape index (κ2) is 7.38. The molecule has 0 aromatic heterocycles. The normalized spacial score (nSPS) is 22.1. The summed E-state index contributed by atoms with van der Waals surface area (Å²) in [7, 11) is -7.35. The van der Waals surface area contributed by atoms with Crippen molar-refractivity contribution in [3.8, 4) is 0 Å². The minimum atomic E-state index is -5.43. The Balaban J connectivity index is 2.09. The van der Waals surface area contributed by atoms with E-state index in [1.54, 1.807) is 10.8 Å². The molecule has 5 nitrogen and oxygen atoms in total. The van der Waals surface area contributed by atoms with Crippen LogP contribution in [0.5, 0.6) is 0 Å². The van der Waals surface area contributed by atoms with Crippen molar-refractivity contribution in [2.24, 2.45) is 0 Å². The van der Waals surface area contributed by atoms with Crippen LogP contribution < -0.4 is 10.0 Å². The summed E-state index contributed by atoms with van der Waals surface area (Å²) in [6.45, 7) is 11.5. The van der Waals surface area contributed by atoms with Crippen LogP contribution in [-0.4, -0.2) is 34.9 Å². The van der Waals surface area contributed by atoms with E-state index in [2.05, 4.69) is 39.2 Å². The molecule has 2 N–H and O–H groups in total. The van der Waals surface area contributed by atoms with Crippen LogP contribution in [-0.2, 0) is 14.4 Å². The highest BCUT2D eigenvalue weighted by molar-refractivity contribution is 7.93. The van der Waals surface area contributed by atoms with E-state index in [1.807, 2.05) is 0 Å². The van der Waals surface area contributed by atoms with E-state index in [-0.39, 0.29) is 22.9 Å². The van der Waals surface area contributed by atoms with Crippen molar-refractivity contribution in [2.75, 3.05) is 11.3 Å². The largest absolute Gasteiger partial charge is 0.516 e. The highest BCUT2D eigenvalue weighted by Crippen LogP contribution is 2.39. The molecule has 154 valence electrons. The van der Waals surface area contributed by atoms with Gasteiger partial charge in [-0.25, -0.2) is 0 Å². The molecular formula is C17H27F3N2O3SSi. The van der Waals surface area contributed by atoms with Gasteiger partial charge in [-0.15, -0.1) is 0 Å². The van der Waals surface area contributed by atoms with Crippen LogP contribution in [0.3, 0.4) is 0 Å². The second-order valence-corrected chi connectivity index (χ2v) is 14.8. The summed E-state index contributed by atoms with van der Waals surface area (Å²) in [5.74, 6) is 0. The second-order valence-electron chi connectivity index (χ2n) is 8.37. The minimum Gasteiger partial charge on any atom is -0.413 e. The summed E-state index contributed by atoms with van der Waals surface area (Å²) in [5, 5.41) is 3.40. The van der Waals surface area contributed by atoms with E-state index in [4.69, 9.17) is 4.43 Å². The lowest BCUT2D eigenvalue weighted by atomic mass is 10.0. The summed E-state index contributed by atoms with van der Waals surface area (Å²) in [4.78, 5) is 0. The van der Waals surface area contributed by atoms with Crippen LogP contribution in [0, 0.1) is 0 Å². The van der Waals surface area contributed by atoms with E-state index >= 15 is 0 Å². The molecule has 1 aliphatic heterocycles. The summed E-state index contributed by atoms with van der Waals surface area (Å²) in [6, 6.07) is 5.92. The Morgan fingerprint density at radius 2 is 1.85 bits per heavy atom. The molecule has 1 aromatic rings. The molecule has 1 aromatic carbocycles. The number of anilines is 1. The van der Waals surface area contributed by atoms with Gasteiger partial charge >= 0.3 is 15.5 Å². The first-order valence-corrected chi connectivity index (χ1v) is 13.1. The molecule has 0 amide bonds. The van der Waals surface area contributed by atoms with Crippen LogP contribution in [0.15, 0.2) is 24.3 Å². The summed E-state index contributed by atoms with van der Waals surface area (Å²) >= 11 is 0. The lowest BCUT2D eigenvalue weighted by molar-refractivity contribution is -0.0429. The number of nitrogens with one attached hydrogen (secondary N) is 2. The third kappa shape index (κ3) is 5.24. The van der Waals surface area contributed by atoms with E-state index in [0.717, 1.165) is 5.56 Å².